The quantitative estimate of drug-likeness (QED) is 0.0380. The number of hydrogen-bond acceptors (Lipinski definition) is 6. The molecule has 0 bridgehead atoms. The first-order valence-corrected chi connectivity index (χ1v) is 20.3. The van der Waals surface area contributed by atoms with Crippen LogP contribution in [0.2, 0.25) is 0 Å². The Labute approximate surface area is 291 Å². The van der Waals surface area contributed by atoms with Crippen molar-refractivity contribution in [3.8, 4) is 0 Å². The van der Waals surface area contributed by atoms with E-state index in [4.69, 9.17) is 14.2 Å². The van der Waals surface area contributed by atoms with Crippen LogP contribution in [-0.2, 0) is 28.6 Å². The number of esters is 3. The van der Waals surface area contributed by atoms with Crippen LogP contribution in [0.15, 0.2) is 0 Å². The molecule has 6 nitrogen and oxygen atoms in total. The Morgan fingerprint density at radius 1 is 0.447 bits per heavy atom. The maximum atomic E-state index is 12.6. The lowest BCUT2D eigenvalue weighted by Gasteiger charge is -2.18. The van der Waals surface area contributed by atoms with Gasteiger partial charge in [0.15, 0.2) is 6.10 Å². The second kappa shape index (κ2) is 34.3. The lowest BCUT2D eigenvalue weighted by molar-refractivity contribution is -0.167. The molecule has 278 valence electrons. The summed E-state index contributed by atoms with van der Waals surface area (Å²) >= 11 is 0. The molecule has 0 aliphatic heterocycles. The standard InChI is InChI=1S/C41H78O6/c1-6-8-9-19-26-31-39(42)45-34-38(35-46-40(43)32-27-22-18-17-21-25-30-37(5)7-2)47-41(44)33-28-23-16-14-12-10-11-13-15-20-24-29-36(3)4/h36-38H,6-35H2,1-5H3/t37?,38-/m0/s1. The molecule has 0 saturated carbocycles. The highest BCUT2D eigenvalue weighted by Crippen LogP contribution is 2.16. The van der Waals surface area contributed by atoms with Crippen LogP contribution < -0.4 is 0 Å². The normalized spacial score (nSPS) is 12.6. The zero-order chi connectivity index (χ0) is 34.8. The van der Waals surface area contributed by atoms with E-state index in [0.717, 1.165) is 76.0 Å². The molecular weight excluding hydrogens is 588 g/mol. The van der Waals surface area contributed by atoms with Crippen molar-refractivity contribution in [3.63, 3.8) is 0 Å². The fraction of sp³-hybridized carbons (Fsp3) is 0.927. The monoisotopic (exact) mass is 667 g/mol. The Balaban J connectivity index is 4.26. The van der Waals surface area contributed by atoms with Gasteiger partial charge in [0.05, 0.1) is 0 Å². The Bertz CT molecular complexity index is 721. The van der Waals surface area contributed by atoms with Crippen molar-refractivity contribution in [3.05, 3.63) is 0 Å². The van der Waals surface area contributed by atoms with Crippen molar-refractivity contribution in [2.45, 2.75) is 221 Å². The van der Waals surface area contributed by atoms with Crippen LogP contribution in [0.1, 0.15) is 214 Å². The average molecular weight is 667 g/mol. The molecule has 0 aliphatic carbocycles. The summed E-state index contributed by atoms with van der Waals surface area (Å²) < 4.78 is 16.5. The highest BCUT2D eigenvalue weighted by molar-refractivity contribution is 5.71. The number of carbonyl (C=O) groups is 3. The topological polar surface area (TPSA) is 78.9 Å². The van der Waals surface area contributed by atoms with E-state index in [0.29, 0.717) is 19.3 Å². The molecule has 0 aromatic heterocycles. The summed E-state index contributed by atoms with van der Waals surface area (Å²) in [6.45, 7) is 11.2. The van der Waals surface area contributed by atoms with E-state index in [1.54, 1.807) is 0 Å². The maximum Gasteiger partial charge on any atom is 0.306 e. The second-order valence-electron chi connectivity index (χ2n) is 14.6. The summed E-state index contributed by atoms with van der Waals surface area (Å²) in [6.07, 6.45) is 29.7. The molecule has 6 heteroatoms. The Kier molecular flexibility index (Phi) is 33.1. The van der Waals surface area contributed by atoms with Gasteiger partial charge in [-0.05, 0) is 31.1 Å². The van der Waals surface area contributed by atoms with Gasteiger partial charge in [0, 0.05) is 19.3 Å². The molecule has 0 aliphatic rings. The SMILES string of the molecule is CCCCCCCC(=O)OC[C@@H](COC(=O)CCCCCCCCC(C)CC)OC(=O)CCCCCCCCCCCCCC(C)C. The van der Waals surface area contributed by atoms with Gasteiger partial charge in [-0.3, -0.25) is 14.4 Å². The van der Waals surface area contributed by atoms with Crippen molar-refractivity contribution in [1.29, 1.82) is 0 Å². The van der Waals surface area contributed by atoms with E-state index in [-0.39, 0.29) is 31.1 Å². The lowest BCUT2D eigenvalue weighted by Crippen LogP contribution is -2.30. The Hall–Kier alpha value is -1.59. The third kappa shape index (κ3) is 34.1. The summed E-state index contributed by atoms with van der Waals surface area (Å²) in [5.41, 5.74) is 0. The van der Waals surface area contributed by atoms with Gasteiger partial charge in [-0.1, -0.05) is 176 Å². The summed E-state index contributed by atoms with van der Waals surface area (Å²) in [5.74, 6) is 0.759. The van der Waals surface area contributed by atoms with Crippen LogP contribution >= 0.6 is 0 Å². The summed E-state index contributed by atoms with van der Waals surface area (Å²) in [7, 11) is 0. The lowest BCUT2D eigenvalue weighted by atomic mass is 10.00. The van der Waals surface area contributed by atoms with Gasteiger partial charge >= 0.3 is 17.9 Å². The molecule has 0 spiro atoms. The minimum atomic E-state index is -0.758. The summed E-state index contributed by atoms with van der Waals surface area (Å²) in [4.78, 5) is 37.3. The van der Waals surface area contributed by atoms with Crippen molar-refractivity contribution >= 4 is 17.9 Å². The fourth-order valence-electron chi connectivity index (χ4n) is 5.84. The van der Waals surface area contributed by atoms with Gasteiger partial charge in [-0.15, -0.1) is 0 Å². The second-order valence-corrected chi connectivity index (χ2v) is 14.6. The van der Waals surface area contributed by atoms with E-state index in [1.165, 1.54) is 96.3 Å². The molecule has 0 heterocycles. The predicted molar refractivity (Wildman–Crippen MR) is 196 cm³/mol. The zero-order valence-corrected chi connectivity index (χ0v) is 31.9. The van der Waals surface area contributed by atoms with Gasteiger partial charge < -0.3 is 14.2 Å². The van der Waals surface area contributed by atoms with Crippen molar-refractivity contribution in [2.75, 3.05) is 13.2 Å². The summed E-state index contributed by atoms with van der Waals surface area (Å²) in [5, 5.41) is 0. The highest BCUT2D eigenvalue weighted by Gasteiger charge is 2.19. The molecule has 0 saturated heterocycles. The minimum Gasteiger partial charge on any atom is -0.462 e. The molecule has 0 aromatic carbocycles. The first-order valence-electron chi connectivity index (χ1n) is 20.3. The molecule has 2 atom stereocenters. The van der Waals surface area contributed by atoms with Crippen LogP contribution in [0.3, 0.4) is 0 Å². The molecule has 0 radical (unpaired) electrons. The largest absolute Gasteiger partial charge is 0.462 e. The van der Waals surface area contributed by atoms with Crippen molar-refractivity contribution in [2.24, 2.45) is 11.8 Å². The average Bonchev–Trinajstić information content (AvgIpc) is 3.05. The van der Waals surface area contributed by atoms with Crippen LogP contribution in [0.25, 0.3) is 0 Å². The Morgan fingerprint density at radius 3 is 1.21 bits per heavy atom. The third-order valence-electron chi connectivity index (χ3n) is 9.33. The first kappa shape index (κ1) is 45.4. The van der Waals surface area contributed by atoms with E-state index >= 15 is 0 Å². The zero-order valence-electron chi connectivity index (χ0n) is 31.9. The van der Waals surface area contributed by atoms with E-state index in [9.17, 15) is 14.4 Å². The van der Waals surface area contributed by atoms with E-state index in [1.807, 2.05) is 0 Å². The van der Waals surface area contributed by atoms with E-state index in [2.05, 4.69) is 34.6 Å². The van der Waals surface area contributed by atoms with Crippen molar-refractivity contribution < 1.29 is 28.6 Å². The fourth-order valence-corrected chi connectivity index (χ4v) is 5.84. The Morgan fingerprint density at radius 2 is 0.809 bits per heavy atom. The molecule has 0 aromatic rings. The van der Waals surface area contributed by atoms with Crippen LogP contribution in [0, 0.1) is 11.8 Å². The number of hydrogen-bond donors (Lipinski definition) is 0. The molecule has 47 heavy (non-hydrogen) atoms. The summed E-state index contributed by atoms with van der Waals surface area (Å²) in [6, 6.07) is 0. The van der Waals surface area contributed by atoms with Gasteiger partial charge in [-0.2, -0.15) is 0 Å². The van der Waals surface area contributed by atoms with Crippen LogP contribution in [0.4, 0.5) is 0 Å². The van der Waals surface area contributed by atoms with Gasteiger partial charge in [-0.25, -0.2) is 0 Å². The number of unbranched alkanes of at least 4 members (excludes halogenated alkanes) is 19. The molecule has 0 rings (SSSR count). The first-order chi connectivity index (χ1) is 22.8. The molecule has 0 fully saturated rings. The van der Waals surface area contributed by atoms with Gasteiger partial charge in [0.2, 0.25) is 0 Å². The smallest absolute Gasteiger partial charge is 0.306 e. The van der Waals surface area contributed by atoms with Gasteiger partial charge in [0.25, 0.3) is 0 Å². The molecule has 0 N–H and O–H groups in total. The molecular formula is C41H78O6. The third-order valence-corrected chi connectivity index (χ3v) is 9.33. The molecule has 1 unspecified atom stereocenters. The van der Waals surface area contributed by atoms with Crippen molar-refractivity contribution in [1.82, 2.24) is 0 Å². The van der Waals surface area contributed by atoms with Gasteiger partial charge in [0.1, 0.15) is 13.2 Å². The highest BCUT2D eigenvalue weighted by atomic mass is 16.6. The number of rotatable bonds is 35. The van der Waals surface area contributed by atoms with Crippen LogP contribution in [-0.4, -0.2) is 37.2 Å². The number of carbonyl (C=O) groups excluding carboxylic acids is 3. The predicted octanol–water partition coefficient (Wildman–Crippen LogP) is 12.2. The van der Waals surface area contributed by atoms with Crippen LogP contribution in [0.5, 0.6) is 0 Å². The maximum absolute atomic E-state index is 12.6. The number of ether oxygens (including phenoxy) is 3. The molecule has 0 amide bonds. The minimum absolute atomic E-state index is 0.0678. The van der Waals surface area contributed by atoms with E-state index < -0.39 is 6.10 Å².